The number of rotatable bonds is 5. The molecular formula is C27H33N3O2. The molecule has 0 radical (unpaired) electrons. The topological polar surface area (TPSA) is 38.7 Å². The van der Waals surface area contributed by atoms with E-state index in [0.29, 0.717) is 12.6 Å². The van der Waals surface area contributed by atoms with Gasteiger partial charge in [0.05, 0.1) is 23.5 Å². The maximum absolute atomic E-state index is 6.01. The molecule has 1 fully saturated rings. The number of hydrogen-bond donors (Lipinski definition) is 1. The third-order valence-electron chi connectivity index (χ3n) is 7.03. The molecule has 5 heteroatoms. The summed E-state index contributed by atoms with van der Waals surface area (Å²) in [6.45, 7) is 8.11. The van der Waals surface area contributed by atoms with Crippen molar-refractivity contribution in [2.75, 3.05) is 25.6 Å². The number of nitrogens with zero attached hydrogens (tertiary/aromatic N) is 2. The van der Waals surface area contributed by atoms with Crippen molar-refractivity contribution in [1.29, 1.82) is 0 Å². The molecule has 2 aliphatic heterocycles. The van der Waals surface area contributed by atoms with E-state index in [-0.39, 0.29) is 11.8 Å². The van der Waals surface area contributed by atoms with Crippen LogP contribution in [0.4, 0.5) is 5.69 Å². The lowest BCUT2D eigenvalue weighted by Crippen LogP contribution is -2.54. The highest BCUT2D eigenvalue weighted by Crippen LogP contribution is 2.46. The number of nitrogens with one attached hydrogen (secondary N) is 1. The molecule has 3 aromatic rings. The Morgan fingerprint density at radius 3 is 2.69 bits per heavy atom. The second-order valence-corrected chi connectivity index (χ2v) is 9.12. The summed E-state index contributed by atoms with van der Waals surface area (Å²) in [4.78, 5) is 2.49. The molecule has 0 amide bonds. The van der Waals surface area contributed by atoms with Crippen LogP contribution in [0.3, 0.4) is 0 Å². The fourth-order valence-electron chi connectivity index (χ4n) is 5.58. The van der Waals surface area contributed by atoms with Crippen molar-refractivity contribution >= 4 is 5.69 Å². The van der Waals surface area contributed by atoms with E-state index in [9.17, 15) is 0 Å². The molecule has 3 unspecified atom stereocenters. The summed E-state index contributed by atoms with van der Waals surface area (Å²) < 4.78 is 14.0. The first kappa shape index (κ1) is 21.1. The third kappa shape index (κ3) is 3.50. The van der Waals surface area contributed by atoms with Crippen molar-refractivity contribution in [3.05, 3.63) is 77.6 Å². The Bertz CT molecular complexity index is 1090. The standard InChI is InChI=1S/C27H33N3O2/c1-5-32-22-11-9-21(10-12-22)26(31-4)29-16-14-27(18-20(29)3)25-7-6-15-30(25)24-13-8-19(2)17-23(24)28-27/h6-13,15,17,20,26,28H,5,14,16,18H2,1-4H3. The highest BCUT2D eigenvalue weighted by atomic mass is 16.5. The molecule has 1 N–H and O–H groups in total. The number of likely N-dealkylation sites (tertiary alicyclic amines) is 1. The van der Waals surface area contributed by atoms with Gasteiger partial charge in [0.15, 0.2) is 0 Å². The molecule has 5 nitrogen and oxygen atoms in total. The molecule has 3 heterocycles. The second kappa shape index (κ2) is 8.30. The van der Waals surface area contributed by atoms with Gasteiger partial charge in [0.2, 0.25) is 0 Å². The lowest BCUT2D eigenvalue weighted by Gasteiger charge is -2.50. The van der Waals surface area contributed by atoms with Crippen LogP contribution in [0.15, 0.2) is 60.8 Å². The first-order valence-corrected chi connectivity index (χ1v) is 11.6. The molecular weight excluding hydrogens is 398 g/mol. The van der Waals surface area contributed by atoms with Gasteiger partial charge < -0.3 is 19.4 Å². The van der Waals surface area contributed by atoms with E-state index < -0.39 is 0 Å². The van der Waals surface area contributed by atoms with E-state index in [0.717, 1.165) is 25.1 Å². The van der Waals surface area contributed by atoms with Gasteiger partial charge in [-0.2, -0.15) is 0 Å². The number of methoxy groups -OCH3 is 1. The second-order valence-electron chi connectivity index (χ2n) is 9.12. The van der Waals surface area contributed by atoms with Crippen LogP contribution in [-0.2, 0) is 10.3 Å². The minimum atomic E-state index is -0.0721. The zero-order valence-corrected chi connectivity index (χ0v) is 19.5. The fraction of sp³-hybridized carbons (Fsp3) is 0.407. The first-order chi connectivity index (χ1) is 15.5. The van der Waals surface area contributed by atoms with Gasteiger partial charge in [-0.25, -0.2) is 0 Å². The van der Waals surface area contributed by atoms with E-state index >= 15 is 0 Å². The van der Waals surface area contributed by atoms with Crippen LogP contribution < -0.4 is 10.1 Å². The number of aryl methyl sites for hydroxylation is 1. The molecule has 1 aromatic heterocycles. The molecule has 5 rings (SSSR count). The van der Waals surface area contributed by atoms with Crippen LogP contribution in [-0.4, -0.2) is 35.8 Å². The minimum absolute atomic E-state index is 0.0667. The molecule has 32 heavy (non-hydrogen) atoms. The Labute approximate surface area is 191 Å². The van der Waals surface area contributed by atoms with Crippen LogP contribution in [0.1, 0.15) is 49.7 Å². The largest absolute Gasteiger partial charge is 0.494 e. The Morgan fingerprint density at radius 2 is 1.97 bits per heavy atom. The van der Waals surface area contributed by atoms with Crippen molar-refractivity contribution in [1.82, 2.24) is 9.47 Å². The average molecular weight is 432 g/mol. The van der Waals surface area contributed by atoms with Crippen molar-refractivity contribution in [2.45, 2.75) is 51.4 Å². The maximum atomic E-state index is 6.01. The molecule has 1 spiro atoms. The van der Waals surface area contributed by atoms with E-state index in [2.05, 4.69) is 77.3 Å². The number of benzene rings is 2. The third-order valence-corrected chi connectivity index (χ3v) is 7.03. The van der Waals surface area contributed by atoms with Crippen LogP contribution in [0.5, 0.6) is 5.75 Å². The predicted octanol–water partition coefficient (Wildman–Crippen LogP) is 5.63. The molecule has 2 aliphatic rings. The lowest BCUT2D eigenvalue weighted by molar-refractivity contribution is -0.0770. The van der Waals surface area contributed by atoms with Gasteiger partial charge in [0.1, 0.15) is 12.0 Å². The number of hydrogen-bond acceptors (Lipinski definition) is 4. The van der Waals surface area contributed by atoms with E-state index in [1.165, 1.54) is 28.2 Å². The summed E-state index contributed by atoms with van der Waals surface area (Å²) in [7, 11) is 1.81. The zero-order valence-electron chi connectivity index (χ0n) is 19.5. The number of ether oxygens (including phenoxy) is 2. The summed E-state index contributed by atoms with van der Waals surface area (Å²) in [6, 6.07) is 19.8. The van der Waals surface area contributed by atoms with Gasteiger partial charge in [-0.3, -0.25) is 4.90 Å². The average Bonchev–Trinajstić information content (AvgIpc) is 3.28. The van der Waals surface area contributed by atoms with E-state index in [1.807, 2.05) is 19.1 Å². The minimum Gasteiger partial charge on any atom is -0.494 e. The zero-order chi connectivity index (χ0) is 22.3. The Kier molecular flexibility index (Phi) is 5.48. The van der Waals surface area contributed by atoms with Crippen LogP contribution >= 0.6 is 0 Å². The first-order valence-electron chi connectivity index (χ1n) is 11.6. The van der Waals surface area contributed by atoms with Crippen molar-refractivity contribution in [3.8, 4) is 11.4 Å². The Morgan fingerprint density at radius 1 is 1.16 bits per heavy atom. The van der Waals surface area contributed by atoms with Crippen molar-refractivity contribution in [3.63, 3.8) is 0 Å². The molecule has 0 saturated carbocycles. The Hall–Kier alpha value is -2.76. The van der Waals surface area contributed by atoms with Crippen molar-refractivity contribution < 1.29 is 9.47 Å². The summed E-state index contributed by atoms with van der Waals surface area (Å²) in [5, 5.41) is 3.96. The summed E-state index contributed by atoms with van der Waals surface area (Å²) in [5.41, 5.74) is 6.19. The number of fused-ring (bicyclic) bond motifs is 4. The van der Waals surface area contributed by atoms with Crippen LogP contribution in [0.2, 0.25) is 0 Å². The fourth-order valence-corrected chi connectivity index (χ4v) is 5.58. The SMILES string of the molecule is CCOc1ccc(C(OC)N2CCC3(CC2C)Nc2cc(C)ccc2-n2cccc23)cc1. The van der Waals surface area contributed by atoms with Crippen LogP contribution in [0.25, 0.3) is 5.69 Å². The number of anilines is 1. The molecule has 0 bridgehead atoms. The quantitative estimate of drug-likeness (QED) is 0.568. The normalized spacial score (nSPS) is 23.3. The summed E-state index contributed by atoms with van der Waals surface area (Å²) in [6.07, 6.45) is 4.16. The van der Waals surface area contributed by atoms with E-state index in [4.69, 9.17) is 9.47 Å². The summed E-state index contributed by atoms with van der Waals surface area (Å²) >= 11 is 0. The number of aromatic nitrogens is 1. The Balaban J connectivity index is 1.41. The smallest absolute Gasteiger partial charge is 0.136 e. The van der Waals surface area contributed by atoms with Gasteiger partial charge in [-0.15, -0.1) is 0 Å². The monoisotopic (exact) mass is 431 g/mol. The van der Waals surface area contributed by atoms with Gasteiger partial charge in [0, 0.05) is 31.6 Å². The molecule has 0 aliphatic carbocycles. The molecule has 2 aromatic carbocycles. The molecule has 168 valence electrons. The van der Waals surface area contributed by atoms with Gasteiger partial charge in [0.25, 0.3) is 0 Å². The molecule has 1 saturated heterocycles. The van der Waals surface area contributed by atoms with Gasteiger partial charge >= 0.3 is 0 Å². The highest BCUT2D eigenvalue weighted by molar-refractivity contribution is 5.68. The summed E-state index contributed by atoms with van der Waals surface area (Å²) in [5.74, 6) is 0.901. The maximum Gasteiger partial charge on any atom is 0.136 e. The molecule has 3 atom stereocenters. The van der Waals surface area contributed by atoms with Crippen molar-refractivity contribution in [2.24, 2.45) is 0 Å². The lowest BCUT2D eigenvalue weighted by atomic mass is 9.79. The van der Waals surface area contributed by atoms with Gasteiger partial charge in [-0.1, -0.05) is 18.2 Å². The van der Waals surface area contributed by atoms with E-state index in [1.54, 1.807) is 7.11 Å². The highest BCUT2D eigenvalue weighted by Gasteiger charge is 2.45. The van der Waals surface area contributed by atoms with Crippen LogP contribution in [0, 0.1) is 6.92 Å². The number of piperidine rings is 1. The predicted molar refractivity (Wildman–Crippen MR) is 129 cm³/mol. The van der Waals surface area contributed by atoms with Gasteiger partial charge in [-0.05, 0) is 81.1 Å².